The van der Waals surface area contributed by atoms with Crippen molar-refractivity contribution in [3.8, 4) is 0 Å². The number of nitrogens with zero attached hydrogens (tertiary/aromatic N) is 1. The Morgan fingerprint density at radius 3 is 2.37 bits per heavy atom. The van der Waals surface area contributed by atoms with Gasteiger partial charge in [0.1, 0.15) is 0 Å². The van der Waals surface area contributed by atoms with Crippen molar-refractivity contribution in [1.82, 2.24) is 9.71 Å². The number of aromatic nitrogens is 1. The molecule has 1 N–H and O–H groups in total. The van der Waals surface area contributed by atoms with Crippen molar-refractivity contribution < 1.29 is 13.2 Å². The van der Waals surface area contributed by atoms with E-state index in [0.717, 1.165) is 5.56 Å². The molecule has 0 amide bonds. The zero-order chi connectivity index (χ0) is 14.5. The molecule has 19 heavy (non-hydrogen) atoms. The minimum absolute atomic E-state index is 0.0333. The molecule has 1 aromatic heterocycles. The van der Waals surface area contributed by atoms with Crippen molar-refractivity contribution in [1.29, 1.82) is 0 Å². The van der Waals surface area contributed by atoms with Crippen LogP contribution in [0.1, 0.15) is 26.3 Å². The molecular weight excluding hydrogens is 264 g/mol. The van der Waals surface area contributed by atoms with Crippen LogP contribution in [0, 0.1) is 5.41 Å². The van der Waals surface area contributed by atoms with Gasteiger partial charge in [-0.15, -0.1) is 0 Å². The van der Waals surface area contributed by atoms with E-state index in [9.17, 15) is 13.2 Å². The van der Waals surface area contributed by atoms with Gasteiger partial charge in [-0.1, -0.05) is 20.8 Å². The molecule has 5 nitrogen and oxygen atoms in total. The number of pyridine rings is 1. The van der Waals surface area contributed by atoms with E-state index >= 15 is 0 Å². The SMILES string of the molecule is CC(C)(C)C(=O)CNS(=O)(=O)CCc1ccncc1. The van der Waals surface area contributed by atoms with Crippen LogP contribution in [0.3, 0.4) is 0 Å². The first-order valence-corrected chi connectivity index (χ1v) is 7.75. The van der Waals surface area contributed by atoms with Gasteiger partial charge in [-0.25, -0.2) is 13.1 Å². The quantitative estimate of drug-likeness (QED) is 0.850. The molecule has 0 aliphatic rings. The summed E-state index contributed by atoms with van der Waals surface area (Å²) >= 11 is 0. The van der Waals surface area contributed by atoms with Crippen LogP contribution in [-0.4, -0.2) is 31.5 Å². The third-order valence-electron chi connectivity index (χ3n) is 2.70. The van der Waals surface area contributed by atoms with Crippen molar-refractivity contribution >= 4 is 15.8 Å². The Balaban J connectivity index is 2.47. The van der Waals surface area contributed by atoms with E-state index < -0.39 is 15.4 Å². The van der Waals surface area contributed by atoms with E-state index in [1.165, 1.54) is 0 Å². The molecular formula is C13H20N2O3S. The summed E-state index contributed by atoms with van der Waals surface area (Å²) in [7, 11) is -3.43. The first-order valence-electron chi connectivity index (χ1n) is 6.10. The molecule has 0 fully saturated rings. The van der Waals surface area contributed by atoms with Crippen molar-refractivity contribution in [2.24, 2.45) is 5.41 Å². The van der Waals surface area contributed by atoms with Gasteiger partial charge < -0.3 is 0 Å². The average molecular weight is 284 g/mol. The van der Waals surface area contributed by atoms with E-state index in [2.05, 4.69) is 9.71 Å². The number of hydrogen-bond acceptors (Lipinski definition) is 4. The second-order valence-corrected chi connectivity index (χ2v) is 7.35. The first kappa shape index (κ1) is 15.8. The summed E-state index contributed by atoms with van der Waals surface area (Å²) in [6.07, 6.45) is 3.65. The highest BCUT2D eigenvalue weighted by Crippen LogP contribution is 2.13. The summed E-state index contributed by atoms with van der Waals surface area (Å²) in [5.41, 5.74) is 0.371. The van der Waals surface area contributed by atoms with Gasteiger partial charge in [0.2, 0.25) is 10.0 Å². The molecule has 0 saturated heterocycles. The van der Waals surface area contributed by atoms with Crippen molar-refractivity contribution in [3.05, 3.63) is 30.1 Å². The molecule has 0 aliphatic carbocycles. The monoisotopic (exact) mass is 284 g/mol. The second kappa shape index (κ2) is 6.25. The van der Waals surface area contributed by atoms with Crippen LogP contribution in [-0.2, 0) is 21.2 Å². The highest BCUT2D eigenvalue weighted by Gasteiger charge is 2.22. The standard InChI is InChI=1S/C13H20N2O3S/c1-13(2,3)12(16)10-15-19(17,18)9-6-11-4-7-14-8-5-11/h4-5,7-8,15H,6,9-10H2,1-3H3. The fourth-order valence-electron chi connectivity index (χ4n) is 1.31. The molecule has 106 valence electrons. The van der Waals surface area contributed by atoms with Gasteiger partial charge in [0.15, 0.2) is 5.78 Å². The Morgan fingerprint density at radius 1 is 1.26 bits per heavy atom. The lowest BCUT2D eigenvalue weighted by molar-refractivity contribution is -0.125. The summed E-state index contributed by atoms with van der Waals surface area (Å²) < 4.78 is 25.9. The fraction of sp³-hybridized carbons (Fsp3) is 0.538. The summed E-state index contributed by atoms with van der Waals surface area (Å²) in [4.78, 5) is 15.5. The summed E-state index contributed by atoms with van der Waals surface area (Å²) in [5, 5.41) is 0. The average Bonchev–Trinajstić information content (AvgIpc) is 2.34. The lowest BCUT2D eigenvalue weighted by atomic mass is 9.91. The second-order valence-electron chi connectivity index (χ2n) is 5.42. The van der Waals surface area contributed by atoms with Crippen molar-refractivity contribution in [2.45, 2.75) is 27.2 Å². The number of aryl methyl sites for hydroxylation is 1. The number of carbonyl (C=O) groups excluding carboxylic acids is 1. The maximum atomic E-state index is 11.8. The normalized spacial score (nSPS) is 12.4. The molecule has 0 radical (unpaired) electrons. The van der Waals surface area contributed by atoms with Gasteiger partial charge in [-0.3, -0.25) is 9.78 Å². The van der Waals surface area contributed by atoms with Gasteiger partial charge in [-0.2, -0.15) is 0 Å². The van der Waals surface area contributed by atoms with Crippen molar-refractivity contribution in [2.75, 3.05) is 12.3 Å². The fourth-order valence-corrected chi connectivity index (χ4v) is 2.31. The minimum atomic E-state index is -3.43. The van der Waals surface area contributed by atoms with Crippen LogP contribution in [0.2, 0.25) is 0 Å². The molecule has 1 rings (SSSR count). The highest BCUT2D eigenvalue weighted by molar-refractivity contribution is 7.89. The molecule has 0 bridgehead atoms. The van der Waals surface area contributed by atoms with Crippen LogP contribution < -0.4 is 4.72 Å². The molecule has 0 atom stereocenters. The Bertz CT molecular complexity index is 519. The third-order valence-corrected chi connectivity index (χ3v) is 4.02. The number of hydrogen-bond donors (Lipinski definition) is 1. The van der Waals surface area contributed by atoms with Crippen LogP contribution in [0.5, 0.6) is 0 Å². The third kappa shape index (κ3) is 5.94. The van der Waals surface area contributed by atoms with E-state index in [-0.39, 0.29) is 18.1 Å². The maximum Gasteiger partial charge on any atom is 0.212 e. The predicted molar refractivity (Wildman–Crippen MR) is 74.2 cm³/mol. The number of carbonyl (C=O) groups is 1. The van der Waals surface area contributed by atoms with Gasteiger partial charge >= 0.3 is 0 Å². The summed E-state index contributed by atoms with van der Waals surface area (Å²) in [6, 6.07) is 3.55. The highest BCUT2D eigenvalue weighted by atomic mass is 32.2. The molecule has 1 heterocycles. The number of sulfonamides is 1. The Hall–Kier alpha value is -1.27. The Labute approximate surface area is 114 Å². The van der Waals surface area contributed by atoms with E-state index in [0.29, 0.717) is 6.42 Å². The minimum Gasteiger partial charge on any atom is -0.298 e. The predicted octanol–water partition coefficient (Wildman–Crippen LogP) is 1.16. The van der Waals surface area contributed by atoms with Gasteiger partial charge in [0, 0.05) is 17.8 Å². The lowest BCUT2D eigenvalue weighted by Crippen LogP contribution is -2.36. The number of ketones is 1. The summed E-state index contributed by atoms with van der Waals surface area (Å²) in [5.74, 6) is -0.158. The molecule has 6 heteroatoms. The largest absolute Gasteiger partial charge is 0.298 e. The number of Topliss-reactive ketones (excluding diaryl/α,β-unsaturated/α-hetero) is 1. The van der Waals surface area contributed by atoms with Crippen LogP contribution >= 0.6 is 0 Å². The Kier molecular flexibility index (Phi) is 5.20. The van der Waals surface area contributed by atoms with Gasteiger partial charge in [0.05, 0.1) is 12.3 Å². The number of nitrogens with one attached hydrogen (secondary N) is 1. The molecule has 0 spiro atoms. The zero-order valence-electron chi connectivity index (χ0n) is 11.5. The zero-order valence-corrected chi connectivity index (χ0v) is 12.3. The van der Waals surface area contributed by atoms with Crippen LogP contribution in [0.15, 0.2) is 24.5 Å². The molecule has 0 saturated carbocycles. The van der Waals surface area contributed by atoms with E-state index in [1.807, 2.05) is 0 Å². The van der Waals surface area contributed by atoms with Crippen molar-refractivity contribution in [3.63, 3.8) is 0 Å². The topological polar surface area (TPSA) is 76.1 Å². The lowest BCUT2D eigenvalue weighted by Gasteiger charge is -2.16. The maximum absolute atomic E-state index is 11.8. The van der Waals surface area contributed by atoms with E-state index in [1.54, 1.807) is 45.3 Å². The Morgan fingerprint density at radius 2 is 1.84 bits per heavy atom. The van der Waals surface area contributed by atoms with Gasteiger partial charge in [-0.05, 0) is 24.1 Å². The van der Waals surface area contributed by atoms with Crippen LogP contribution in [0.25, 0.3) is 0 Å². The smallest absolute Gasteiger partial charge is 0.212 e. The van der Waals surface area contributed by atoms with Gasteiger partial charge in [0.25, 0.3) is 0 Å². The first-order chi connectivity index (χ1) is 8.71. The van der Waals surface area contributed by atoms with Crippen LogP contribution in [0.4, 0.5) is 0 Å². The molecule has 0 aliphatic heterocycles. The molecule has 0 aromatic carbocycles. The molecule has 0 unspecified atom stereocenters. The molecule has 1 aromatic rings. The van der Waals surface area contributed by atoms with E-state index in [4.69, 9.17) is 0 Å². The summed E-state index contributed by atoms with van der Waals surface area (Å²) in [6.45, 7) is 5.14. The number of rotatable bonds is 6.